The Morgan fingerprint density at radius 3 is 2.29 bits per heavy atom. The fourth-order valence-electron chi connectivity index (χ4n) is 1.28. The normalized spacial score (nSPS) is 11.0. The number of nitrogens with one attached hydrogen (secondary N) is 1. The second-order valence-corrected chi connectivity index (χ2v) is 4.34. The van der Waals surface area contributed by atoms with E-state index in [2.05, 4.69) is 5.32 Å². The SMILES string of the molecule is CC(C)(C=O)CCCCCCNC=O. The van der Waals surface area contributed by atoms with Crippen LogP contribution in [-0.4, -0.2) is 19.2 Å². The van der Waals surface area contributed by atoms with Crippen LogP contribution in [0.25, 0.3) is 0 Å². The van der Waals surface area contributed by atoms with Crippen molar-refractivity contribution in [3.05, 3.63) is 0 Å². The lowest BCUT2D eigenvalue weighted by molar-refractivity contribution is -0.115. The maximum absolute atomic E-state index is 10.6. The van der Waals surface area contributed by atoms with Crippen molar-refractivity contribution in [2.45, 2.75) is 46.0 Å². The van der Waals surface area contributed by atoms with Gasteiger partial charge in [-0.1, -0.05) is 33.1 Å². The average Bonchev–Trinajstić information content (AvgIpc) is 2.16. The molecule has 0 saturated heterocycles. The van der Waals surface area contributed by atoms with Crippen molar-refractivity contribution in [2.75, 3.05) is 6.54 Å². The quantitative estimate of drug-likeness (QED) is 0.455. The standard InChI is InChI=1S/C11H21NO2/c1-11(2,9-13)7-5-3-4-6-8-12-10-14/h9-10H,3-8H2,1-2H3,(H,12,14). The van der Waals surface area contributed by atoms with Crippen molar-refractivity contribution in [3.63, 3.8) is 0 Å². The summed E-state index contributed by atoms with van der Waals surface area (Å²) < 4.78 is 0. The third kappa shape index (κ3) is 7.77. The molecule has 14 heavy (non-hydrogen) atoms. The zero-order valence-corrected chi connectivity index (χ0v) is 9.21. The first-order chi connectivity index (χ1) is 6.62. The fourth-order valence-corrected chi connectivity index (χ4v) is 1.28. The molecule has 0 atom stereocenters. The number of amides is 1. The molecule has 0 rings (SSSR count). The highest BCUT2D eigenvalue weighted by molar-refractivity contribution is 5.57. The summed E-state index contributed by atoms with van der Waals surface area (Å²) in [5.74, 6) is 0. The first-order valence-electron chi connectivity index (χ1n) is 5.26. The third-order valence-corrected chi connectivity index (χ3v) is 2.29. The van der Waals surface area contributed by atoms with Gasteiger partial charge in [-0.25, -0.2) is 0 Å². The lowest BCUT2D eigenvalue weighted by Gasteiger charge is -2.15. The monoisotopic (exact) mass is 199 g/mol. The number of unbranched alkanes of at least 4 members (excludes halogenated alkanes) is 3. The molecule has 0 aliphatic rings. The van der Waals surface area contributed by atoms with E-state index in [1.165, 1.54) is 0 Å². The van der Waals surface area contributed by atoms with Crippen LogP contribution in [-0.2, 0) is 9.59 Å². The van der Waals surface area contributed by atoms with Gasteiger partial charge >= 0.3 is 0 Å². The Kier molecular flexibility index (Phi) is 7.07. The highest BCUT2D eigenvalue weighted by atomic mass is 16.1. The summed E-state index contributed by atoms with van der Waals surface area (Å²) in [7, 11) is 0. The smallest absolute Gasteiger partial charge is 0.207 e. The highest BCUT2D eigenvalue weighted by Crippen LogP contribution is 2.20. The zero-order valence-electron chi connectivity index (χ0n) is 9.21. The highest BCUT2D eigenvalue weighted by Gasteiger charge is 2.14. The van der Waals surface area contributed by atoms with E-state index in [1.54, 1.807) is 0 Å². The van der Waals surface area contributed by atoms with Gasteiger partial charge in [-0.3, -0.25) is 4.79 Å². The second-order valence-electron chi connectivity index (χ2n) is 4.34. The van der Waals surface area contributed by atoms with Gasteiger partial charge in [-0.05, 0) is 12.8 Å². The maximum Gasteiger partial charge on any atom is 0.207 e. The largest absolute Gasteiger partial charge is 0.359 e. The summed E-state index contributed by atoms with van der Waals surface area (Å²) in [5.41, 5.74) is -0.166. The van der Waals surface area contributed by atoms with Gasteiger partial charge in [0.15, 0.2) is 0 Å². The summed E-state index contributed by atoms with van der Waals surface area (Å²) in [6.45, 7) is 4.70. The van der Waals surface area contributed by atoms with Gasteiger partial charge in [0, 0.05) is 12.0 Å². The van der Waals surface area contributed by atoms with Crippen LogP contribution in [0.3, 0.4) is 0 Å². The molecule has 82 valence electrons. The van der Waals surface area contributed by atoms with Crippen LogP contribution in [0.5, 0.6) is 0 Å². The van der Waals surface area contributed by atoms with Crippen molar-refractivity contribution < 1.29 is 9.59 Å². The summed E-state index contributed by atoms with van der Waals surface area (Å²) in [4.78, 5) is 20.5. The first-order valence-corrected chi connectivity index (χ1v) is 5.26. The van der Waals surface area contributed by atoms with Crippen LogP contribution in [0.2, 0.25) is 0 Å². The Balaban J connectivity index is 3.21. The first kappa shape index (κ1) is 13.1. The molecular weight excluding hydrogens is 178 g/mol. The molecular formula is C11H21NO2. The van der Waals surface area contributed by atoms with E-state index in [0.717, 1.165) is 51.3 Å². The molecule has 0 aromatic carbocycles. The lowest BCUT2D eigenvalue weighted by atomic mass is 9.89. The van der Waals surface area contributed by atoms with Crippen LogP contribution in [0.4, 0.5) is 0 Å². The van der Waals surface area contributed by atoms with E-state index in [-0.39, 0.29) is 5.41 Å². The van der Waals surface area contributed by atoms with Crippen molar-refractivity contribution in [3.8, 4) is 0 Å². The Bertz CT molecular complexity index is 167. The van der Waals surface area contributed by atoms with Gasteiger partial charge in [-0.2, -0.15) is 0 Å². The topological polar surface area (TPSA) is 46.2 Å². The Morgan fingerprint density at radius 1 is 1.07 bits per heavy atom. The number of carbonyl (C=O) groups is 2. The van der Waals surface area contributed by atoms with Crippen molar-refractivity contribution in [2.24, 2.45) is 5.41 Å². The molecule has 3 heteroatoms. The fraction of sp³-hybridized carbons (Fsp3) is 0.818. The average molecular weight is 199 g/mol. The lowest BCUT2D eigenvalue weighted by Crippen LogP contribution is -2.13. The minimum atomic E-state index is -0.166. The Labute approximate surface area is 86.3 Å². The number of hydrogen-bond donors (Lipinski definition) is 1. The summed E-state index contributed by atoms with van der Waals surface area (Å²) >= 11 is 0. The van der Waals surface area contributed by atoms with Gasteiger partial charge < -0.3 is 10.1 Å². The third-order valence-electron chi connectivity index (χ3n) is 2.29. The molecule has 0 unspecified atom stereocenters. The van der Waals surface area contributed by atoms with E-state index in [1.807, 2.05) is 13.8 Å². The number of carbonyl (C=O) groups excluding carboxylic acids is 2. The Morgan fingerprint density at radius 2 is 1.71 bits per heavy atom. The summed E-state index contributed by atoms with van der Waals surface area (Å²) in [6, 6.07) is 0. The molecule has 0 aromatic rings. The molecule has 0 saturated carbocycles. The minimum Gasteiger partial charge on any atom is -0.359 e. The summed E-state index contributed by atoms with van der Waals surface area (Å²) in [6.07, 6.45) is 7.09. The van der Waals surface area contributed by atoms with Crippen molar-refractivity contribution in [1.29, 1.82) is 0 Å². The molecule has 0 radical (unpaired) electrons. The number of aldehydes is 1. The molecule has 0 heterocycles. The van der Waals surface area contributed by atoms with Crippen LogP contribution >= 0.6 is 0 Å². The second kappa shape index (κ2) is 7.54. The van der Waals surface area contributed by atoms with Crippen LogP contribution in [0, 0.1) is 5.41 Å². The minimum absolute atomic E-state index is 0.166. The number of rotatable bonds is 9. The van der Waals surface area contributed by atoms with Crippen molar-refractivity contribution >= 4 is 12.7 Å². The van der Waals surface area contributed by atoms with E-state index < -0.39 is 0 Å². The molecule has 0 aromatic heterocycles. The van der Waals surface area contributed by atoms with Gasteiger partial charge in [0.25, 0.3) is 0 Å². The van der Waals surface area contributed by atoms with Gasteiger partial charge in [0.05, 0.1) is 0 Å². The molecule has 1 amide bonds. The van der Waals surface area contributed by atoms with Crippen LogP contribution < -0.4 is 5.32 Å². The summed E-state index contributed by atoms with van der Waals surface area (Å²) in [5, 5.41) is 2.63. The van der Waals surface area contributed by atoms with Gasteiger partial charge in [0.1, 0.15) is 6.29 Å². The molecule has 0 bridgehead atoms. The van der Waals surface area contributed by atoms with Crippen LogP contribution in [0.15, 0.2) is 0 Å². The predicted octanol–water partition coefficient (Wildman–Crippen LogP) is 1.91. The number of hydrogen-bond acceptors (Lipinski definition) is 2. The van der Waals surface area contributed by atoms with E-state index in [9.17, 15) is 9.59 Å². The van der Waals surface area contributed by atoms with Gasteiger partial charge in [0.2, 0.25) is 6.41 Å². The molecule has 0 aliphatic heterocycles. The van der Waals surface area contributed by atoms with Crippen molar-refractivity contribution in [1.82, 2.24) is 5.32 Å². The molecule has 0 fully saturated rings. The van der Waals surface area contributed by atoms with Crippen LogP contribution in [0.1, 0.15) is 46.0 Å². The zero-order chi connectivity index (χ0) is 10.9. The molecule has 3 nitrogen and oxygen atoms in total. The predicted molar refractivity (Wildman–Crippen MR) is 57.0 cm³/mol. The Hall–Kier alpha value is -0.860. The molecule has 0 spiro atoms. The van der Waals surface area contributed by atoms with Gasteiger partial charge in [-0.15, -0.1) is 0 Å². The maximum atomic E-state index is 10.6. The molecule has 1 N–H and O–H groups in total. The van der Waals surface area contributed by atoms with E-state index >= 15 is 0 Å². The van der Waals surface area contributed by atoms with E-state index in [4.69, 9.17) is 0 Å². The molecule has 0 aliphatic carbocycles. The van der Waals surface area contributed by atoms with E-state index in [0.29, 0.717) is 0 Å².